The van der Waals surface area contributed by atoms with Crippen LogP contribution in [0.5, 0.6) is 0 Å². The van der Waals surface area contributed by atoms with Crippen LogP contribution >= 0.6 is 11.8 Å². The highest BCUT2D eigenvalue weighted by Gasteiger charge is 2.16. The number of carbonyl (C=O) groups is 2. The van der Waals surface area contributed by atoms with Gasteiger partial charge in [-0.05, 0) is 24.6 Å². The van der Waals surface area contributed by atoms with Gasteiger partial charge in [0.15, 0.2) is 5.16 Å². The van der Waals surface area contributed by atoms with Gasteiger partial charge in [0.25, 0.3) is 0 Å². The molecule has 2 N–H and O–H groups in total. The molecule has 0 aliphatic carbocycles. The minimum atomic E-state index is -0.938. The number of aromatic nitrogens is 3. The van der Waals surface area contributed by atoms with Gasteiger partial charge in [-0.25, -0.2) is 0 Å². The highest BCUT2D eigenvalue weighted by atomic mass is 32.2. The van der Waals surface area contributed by atoms with Gasteiger partial charge in [-0.3, -0.25) is 9.59 Å². The molecular formula is C16H18N4O3S. The zero-order valence-corrected chi connectivity index (χ0v) is 14.0. The molecule has 2 rings (SSSR count). The van der Waals surface area contributed by atoms with Crippen LogP contribution in [0.15, 0.2) is 42.1 Å². The Morgan fingerprint density at radius 3 is 2.88 bits per heavy atom. The lowest BCUT2D eigenvalue weighted by Gasteiger charge is -2.08. The van der Waals surface area contributed by atoms with Crippen molar-refractivity contribution >= 4 is 29.3 Å². The van der Waals surface area contributed by atoms with E-state index in [0.717, 1.165) is 23.0 Å². The van der Waals surface area contributed by atoms with Crippen LogP contribution in [0, 0.1) is 6.92 Å². The number of rotatable bonds is 8. The quantitative estimate of drug-likeness (QED) is 0.561. The van der Waals surface area contributed by atoms with Gasteiger partial charge in [-0.1, -0.05) is 30.0 Å². The van der Waals surface area contributed by atoms with E-state index in [1.807, 2.05) is 31.2 Å². The van der Waals surface area contributed by atoms with Crippen molar-refractivity contribution in [2.45, 2.75) is 25.0 Å². The number of hydrogen-bond acceptors (Lipinski definition) is 5. The summed E-state index contributed by atoms with van der Waals surface area (Å²) in [6, 6.07) is 7.50. The monoisotopic (exact) mass is 346 g/mol. The lowest BCUT2D eigenvalue weighted by molar-refractivity contribution is -0.133. The first-order chi connectivity index (χ1) is 11.5. The third-order valence-electron chi connectivity index (χ3n) is 3.05. The molecule has 1 heterocycles. The Morgan fingerprint density at radius 1 is 1.42 bits per heavy atom. The minimum Gasteiger partial charge on any atom is -0.481 e. The maximum Gasteiger partial charge on any atom is 0.313 e. The Hall–Kier alpha value is -2.61. The topological polar surface area (TPSA) is 97.1 Å². The van der Waals surface area contributed by atoms with E-state index in [-0.39, 0.29) is 18.1 Å². The van der Waals surface area contributed by atoms with Crippen molar-refractivity contribution in [3.63, 3.8) is 0 Å². The molecule has 1 aromatic heterocycles. The average Bonchev–Trinajstić information content (AvgIpc) is 2.87. The number of carbonyl (C=O) groups excluding carboxylic acids is 1. The number of aliphatic carboxylic acids is 1. The van der Waals surface area contributed by atoms with Crippen LogP contribution in [0.2, 0.25) is 0 Å². The van der Waals surface area contributed by atoms with Crippen molar-refractivity contribution in [2.24, 2.45) is 0 Å². The molecule has 0 unspecified atom stereocenters. The summed E-state index contributed by atoms with van der Waals surface area (Å²) in [5.74, 6) is -0.807. The van der Waals surface area contributed by atoms with Gasteiger partial charge in [0, 0.05) is 12.2 Å². The molecule has 1 aromatic carbocycles. The lowest BCUT2D eigenvalue weighted by atomic mass is 10.2. The molecule has 0 bridgehead atoms. The summed E-state index contributed by atoms with van der Waals surface area (Å²) >= 11 is 1.06. The van der Waals surface area contributed by atoms with Crippen LogP contribution in [0.25, 0.3) is 0 Å². The second-order valence-electron chi connectivity index (χ2n) is 5.07. The smallest absolute Gasteiger partial charge is 0.313 e. The first-order valence-corrected chi connectivity index (χ1v) is 8.22. The van der Waals surface area contributed by atoms with Crippen molar-refractivity contribution in [2.75, 3.05) is 11.1 Å². The van der Waals surface area contributed by atoms with Crippen LogP contribution in [0.4, 0.5) is 5.69 Å². The zero-order chi connectivity index (χ0) is 17.5. The van der Waals surface area contributed by atoms with Crippen LogP contribution in [0.1, 0.15) is 11.4 Å². The molecule has 8 heteroatoms. The van der Waals surface area contributed by atoms with Gasteiger partial charge in [0.05, 0.1) is 12.2 Å². The molecule has 0 aliphatic rings. The van der Waals surface area contributed by atoms with Crippen molar-refractivity contribution in [3.05, 3.63) is 48.3 Å². The molecule has 0 radical (unpaired) electrons. The Morgan fingerprint density at radius 2 is 2.21 bits per heavy atom. The average molecular weight is 346 g/mol. The van der Waals surface area contributed by atoms with Crippen LogP contribution in [-0.2, 0) is 22.6 Å². The molecule has 0 saturated carbocycles. The number of carboxylic acid groups (broad SMARTS) is 1. The number of aryl methyl sites for hydroxylation is 1. The molecule has 2 aromatic rings. The number of nitrogens with zero attached hydrogens (tertiary/aromatic N) is 3. The van der Waals surface area contributed by atoms with Gasteiger partial charge in [0.2, 0.25) is 5.91 Å². The van der Waals surface area contributed by atoms with E-state index >= 15 is 0 Å². The highest BCUT2D eigenvalue weighted by molar-refractivity contribution is 7.99. The largest absolute Gasteiger partial charge is 0.481 e. The molecule has 126 valence electrons. The molecule has 7 nitrogen and oxygen atoms in total. The number of hydrogen-bond donors (Lipinski definition) is 2. The third-order valence-corrected chi connectivity index (χ3v) is 4.00. The highest BCUT2D eigenvalue weighted by Crippen LogP contribution is 2.18. The fraction of sp³-hybridized carbons (Fsp3) is 0.250. The maximum atomic E-state index is 12.2. The molecular weight excluding hydrogens is 328 g/mol. The minimum absolute atomic E-state index is 0.0441. The summed E-state index contributed by atoms with van der Waals surface area (Å²) in [6.07, 6.45) is 1.69. The predicted molar refractivity (Wildman–Crippen MR) is 92.1 cm³/mol. The Kier molecular flexibility index (Phi) is 6.14. The first kappa shape index (κ1) is 17.7. The molecule has 0 fully saturated rings. The Bertz CT molecular complexity index is 758. The third kappa shape index (κ3) is 4.95. The van der Waals surface area contributed by atoms with E-state index < -0.39 is 5.97 Å². The van der Waals surface area contributed by atoms with Crippen molar-refractivity contribution in [1.29, 1.82) is 0 Å². The summed E-state index contributed by atoms with van der Waals surface area (Å²) in [4.78, 5) is 22.9. The molecule has 1 amide bonds. The predicted octanol–water partition coefficient (Wildman–Crippen LogP) is 2.13. The van der Waals surface area contributed by atoms with Crippen LogP contribution < -0.4 is 5.32 Å². The maximum absolute atomic E-state index is 12.2. The first-order valence-electron chi connectivity index (χ1n) is 7.23. The number of anilines is 1. The van der Waals surface area contributed by atoms with Gasteiger partial charge < -0.3 is 15.0 Å². The van der Waals surface area contributed by atoms with Crippen molar-refractivity contribution < 1.29 is 14.7 Å². The standard InChI is InChI=1S/C16H18N4O3S/c1-3-7-20-13(18-19-16(20)24-10-15(22)23)9-14(21)17-12-6-4-5-11(2)8-12/h3-6,8H,1,7,9-10H2,2H3,(H,17,21)(H,22,23). The zero-order valence-electron chi connectivity index (χ0n) is 13.2. The Labute approximate surface area is 143 Å². The number of carboxylic acids is 1. The van der Waals surface area contributed by atoms with E-state index in [9.17, 15) is 9.59 Å². The van der Waals surface area contributed by atoms with E-state index in [2.05, 4.69) is 22.1 Å². The number of nitrogens with one attached hydrogen (secondary N) is 1. The van der Waals surface area contributed by atoms with E-state index in [0.29, 0.717) is 17.5 Å². The van der Waals surface area contributed by atoms with Gasteiger partial charge in [-0.2, -0.15) is 0 Å². The fourth-order valence-corrected chi connectivity index (χ4v) is 2.75. The fourth-order valence-electron chi connectivity index (χ4n) is 2.07. The van der Waals surface area contributed by atoms with Crippen molar-refractivity contribution in [1.82, 2.24) is 14.8 Å². The van der Waals surface area contributed by atoms with Crippen LogP contribution in [-0.4, -0.2) is 37.5 Å². The summed E-state index contributed by atoms with van der Waals surface area (Å²) < 4.78 is 1.69. The number of amides is 1. The molecule has 0 atom stereocenters. The van der Waals surface area contributed by atoms with E-state index in [4.69, 9.17) is 5.11 Å². The number of benzene rings is 1. The van der Waals surface area contributed by atoms with Gasteiger partial charge in [0.1, 0.15) is 5.82 Å². The molecule has 0 aliphatic heterocycles. The second-order valence-corrected chi connectivity index (χ2v) is 6.02. The van der Waals surface area contributed by atoms with Gasteiger partial charge >= 0.3 is 5.97 Å². The second kappa shape index (κ2) is 8.30. The molecule has 0 spiro atoms. The van der Waals surface area contributed by atoms with Crippen LogP contribution in [0.3, 0.4) is 0 Å². The van der Waals surface area contributed by atoms with Gasteiger partial charge in [-0.15, -0.1) is 16.8 Å². The Balaban J connectivity index is 2.08. The normalized spacial score (nSPS) is 10.4. The van der Waals surface area contributed by atoms with Crippen molar-refractivity contribution in [3.8, 4) is 0 Å². The van der Waals surface area contributed by atoms with E-state index in [1.54, 1.807) is 10.6 Å². The number of allylic oxidation sites excluding steroid dienone is 1. The molecule has 24 heavy (non-hydrogen) atoms. The molecule has 0 saturated heterocycles. The SMILES string of the molecule is C=CCn1c(CC(=O)Nc2cccc(C)c2)nnc1SCC(=O)O. The lowest BCUT2D eigenvalue weighted by Crippen LogP contribution is -2.18. The number of thioether (sulfide) groups is 1. The summed E-state index contributed by atoms with van der Waals surface area (Å²) in [5, 5.41) is 20.0. The summed E-state index contributed by atoms with van der Waals surface area (Å²) in [5.41, 5.74) is 1.77. The van der Waals surface area contributed by atoms with E-state index in [1.165, 1.54) is 0 Å². The summed E-state index contributed by atoms with van der Waals surface area (Å²) in [6.45, 7) is 6.02. The summed E-state index contributed by atoms with van der Waals surface area (Å²) in [7, 11) is 0.